The first-order chi connectivity index (χ1) is 9.60. The summed E-state index contributed by atoms with van der Waals surface area (Å²) in [5, 5.41) is 7.83. The molecule has 20 heavy (non-hydrogen) atoms. The average molecular weight is 336 g/mol. The molecule has 1 aromatic heterocycles. The average Bonchev–Trinajstić information content (AvgIpc) is 2.83. The Kier molecular flexibility index (Phi) is 5.38. The lowest BCUT2D eigenvalue weighted by Crippen LogP contribution is -2.22. The molecule has 1 heterocycles. The zero-order valence-electron chi connectivity index (χ0n) is 12.4. The van der Waals surface area contributed by atoms with Crippen molar-refractivity contribution in [1.82, 2.24) is 15.1 Å². The molecular formula is C16H22BrN3. The highest BCUT2D eigenvalue weighted by Crippen LogP contribution is 2.25. The van der Waals surface area contributed by atoms with Gasteiger partial charge in [-0.25, -0.2) is 0 Å². The molecule has 0 aliphatic heterocycles. The number of rotatable bonds is 6. The highest BCUT2D eigenvalue weighted by atomic mass is 79.9. The van der Waals surface area contributed by atoms with E-state index in [2.05, 4.69) is 64.6 Å². The summed E-state index contributed by atoms with van der Waals surface area (Å²) in [6.07, 6.45) is 6.17. The van der Waals surface area contributed by atoms with Gasteiger partial charge >= 0.3 is 0 Å². The van der Waals surface area contributed by atoms with Crippen LogP contribution in [-0.4, -0.2) is 16.3 Å². The van der Waals surface area contributed by atoms with Crippen molar-refractivity contribution in [3.05, 3.63) is 51.8 Å². The predicted octanol–water partition coefficient (Wildman–Crippen LogP) is 3.77. The number of aromatic nitrogens is 2. The monoisotopic (exact) mass is 335 g/mol. The van der Waals surface area contributed by atoms with Crippen molar-refractivity contribution < 1.29 is 0 Å². The summed E-state index contributed by atoms with van der Waals surface area (Å²) < 4.78 is 3.00. The lowest BCUT2D eigenvalue weighted by molar-refractivity contribution is 0.513. The SMILES string of the molecule is CCNC(CCc1cnn(C)c1)c1cc(Br)ccc1C. The molecule has 3 nitrogen and oxygen atoms in total. The van der Waals surface area contributed by atoms with Gasteiger partial charge in [-0.3, -0.25) is 4.68 Å². The molecule has 0 aliphatic carbocycles. The van der Waals surface area contributed by atoms with Crippen molar-refractivity contribution in [3.63, 3.8) is 0 Å². The van der Waals surface area contributed by atoms with E-state index in [0.717, 1.165) is 23.9 Å². The van der Waals surface area contributed by atoms with E-state index >= 15 is 0 Å². The second-order valence-electron chi connectivity index (χ2n) is 5.17. The molecule has 108 valence electrons. The van der Waals surface area contributed by atoms with Crippen molar-refractivity contribution in [2.24, 2.45) is 7.05 Å². The third-order valence-corrected chi connectivity index (χ3v) is 4.04. The van der Waals surface area contributed by atoms with Crippen molar-refractivity contribution in [2.75, 3.05) is 6.54 Å². The van der Waals surface area contributed by atoms with Gasteiger partial charge in [-0.05, 0) is 55.1 Å². The van der Waals surface area contributed by atoms with E-state index in [9.17, 15) is 0 Å². The number of halogens is 1. The molecule has 0 saturated heterocycles. The van der Waals surface area contributed by atoms with Gasteiger partial charge in [-0.2, -0.15) is 5.10 Å². The molecule has 1 N–H and O–H groups in total. The molecule has 0 saturated carbocycles. The Hall–Kier alpha value is -1.13. The fourth-order valence-electron chi connectivity index (χ4n) is 2.51. The number of aryl methyl sites for hydroxylation is 3. The van der Waals surface area contributed by atoms with Gasteiger partial charge in [-0.1, -0.05) is 28.9 Å². The predicted molar refractivity (Wildman–Crippen MR) is 86.8 cm³/mol. The van der Waals surface area contributed by atoms with Crippen LogP contribution in [0, 0.1) is 6.92 Å². The van der Waals surface area contributed by atoms with Crippen LogP contribution in [0.4, 0.5) is 0 Å². The lowest BCUT2D eigenvalue weighted by Gasteiger charge is -2.20. The third-order valence-electron chi connectivity index (χ3n) is 3.55. The number of benzene rings is 1. The zero-order chi connectivity index (χ0) is 14.5. The maximum Gasteiger partial charge on any atom is 0.0521 e. The Morgan fingerprint density at radius 2 is 2.20 bits per heavy atom. The lowest BCUT2D eigenvalue weighted by atomic mass is 9.96. The molecule has 4 heteroatoms. The van der Waals surface area contributed by atoms with E-state index in [1.165, 1.54) is 16.7 Å². The fraction of sp³-hybridized carbons (Fsp3) is 0.438. The van der Waals surface area contributed by atoms with E-state index in [1.807, 2.05) is 17.9 Å². The quantitative estimate of drug-likeness (QED) is 0.870. The maximum absolute atomic E-state index is 4.23. The normalized spacial score (nSPS) is 12.6. The molecule has 2 aromatic rings. The van der Waals surface area contributed by atoms with Crippen LogP contribution < -0.4 is 5.32 Å². The first kappa shape index (κ1) is 15.3. The summed E-state index contributed by atoms with van der Waals surface area (Å²) in [4.78, 5) is 0. The smallest absolute Gasteiger partial charge is 0.0521 e. The van der Waals surface area contributed by atoms with E-state index in [0.29, 0.717) is 6.04 Å². The summed E-state index contributed by atoms with van der Waals surface area (Å²) in [7, 11) is 1.96. The van der Waals surface area contributed by atoms with Gasteiger partial charge in [0.1, 0.15) is 0 Å². The standard InChI is InChI=1S/C16H22BrN3/c1-4-18-16(8-6-13-10-19-20(3)11-13)15-9-14(17)7-5-12(15)2/h5,7,9-11,16,18H,4,6,8H2,1-3H3. The number of hydrogen-bond acceptors (Lipinski definition) is 2. The minimum Gasteiger partial charge on any atom is -0.310 e. The third kappa shape index (κ3) is 3.93. The van der Waals surface area contributed by atoms with Crippen LogP contribution in [0.15, 0.2) is 35.1 Å². The van der Waals surface area contributed by atoms with E-state index in [-0.39, 0.29) is 0 Å². The van der Waals surface area contributed by atoms with Crippen LogP contribution in [0.2, 0.25) is 0 Å². The minimum atomic E-state index is 0.387. The topological polar surface area (TPSA) is 29.9 Å². The molecule has 1 aromatic carbocycles. The molecule has 0 fully saturated rings. The molecule has 1 atom stereocenters. The van der Waals surface area contributed by atoms with Crippen LogP contribution in [0.5, 0.6) is 0 Å². The number of nitrogens with one attached hydrogen (secondary N) is 1. The molecule has 2 rings (SSSR count). The van der Waals surface area contributed by atoms with Gasteiger partial charge in [0.25, 0.3) is 0 Å². The summed E-state index contributed by atoms with van der Waals surface area (Å²) >= 11 is 3.57. The van der Waals surface area contributed by atoms with Crippen LogP contribution in [-0.2, 0) is 13.5 Å². The molecule has 0 radical (unpaired) electrons. The van der Waals surface area contributed by atoms with Crippen LogP contribution in [0.1, 0.15) is 36.1 Å². The Balaban J connectivity index is 2.11. The van der Waals surface area contributed by atoms with Crippen molar-refractivity contribution in [2.45, 2.75) is 32.7 Å². The van der Waals surface area contributed by atoms with Gasteiger partial charge in [0.15, 0.2) is 0 Å². The Morgan fingerprint density at radius 1 is 1.40 bits per heavy atom. The molecule has 0 spiro atoms. The largest absolute Gasteiger partial charge is 0.310 e. The Morgan fingerprint density at radius 3 is 2.85 bits per heavy atom. The zero-order valence-corrected chi connectivity index (χ0v) is 13.9. The second-order valence-corrected chi connectivity index (χ2v) is 6.09. The van der Waals surface area contributed by atoms with Gasteiger partial charge in [0.2, 0.25) is 0 Å². The van der Waals surface area contributed by atoms with Crippen molar-refractivity contribution >= 4 is 15.9 Å². The van der Waals surface area contributed by atoms with Gasteiger partial charge in [0.05, 0.1) is 6.20 Å². The van der Waals surface area contributed by atoms with E-state index in [1.54, 1.807) is 0 Å². The highest BCUT2D eigenvalue weighted by molar-refractivity contribution is 9.10. The second kappa shape index (κ2) is 7.04. The van der Waals surface area contributed by atoms with E-state index < -0.39 is 0 Å². The van der Waals surface area contributed by atoms with Crippen molar-refractivity contribution in [3.8, 4) is 0 Å². The Bertz CT molecular complexity index is 563. The minimum absolute atomic E-state index is 0.387. The molecule has 0 bridgehead atoms. The molecule has 0 aliphatic rings. The maximum atomic E-state index is 4.23. The van der Waals surface area contributed by atoms with Crippen LogP contribution in [0.25, 0.3) is 0 Å². The van der Waals surface area contributed by atoms with Crippen LogP contribution in [0.3, 0.4) is 0 Å². The summed E-state index contributed by atoms with van der Waals surface area (Å²) in [6, 6.07) is 6.89. The Labute approximate surface area is 129 Å². The summed E-state index contributed by atoms with van der Waals surface area (Å²) in [5.74, 6) is 0. The molecular weight excluding hydrogens is 314 g/mol. The summed E-state index contributed by atoms with van der Waals surface area (Å²) in [5.41, 5.74) is 4.01. The summed E-state index contributed by atoms with van der Waals surface area (Å²) in [6.45, 7) is 5.31. The van der Waals surface area contributed by atoms with E-state index in [4.69, 9.17) is 0 Å². The van der Waals surface area contributed by atoms with Crippen LogP contribution >= 0.6 is 15.9 Å². The highest BCUT2D eigenvalue weighted by Gasteiger charge is 2.13. The number of nitrogens with zero attached hydrogens (tertiary/aromatic N) is 2. The molecule has 1 unspecified atom stereocenters. The number of hydrogen-bond donors (Lipinski definition) is 1. The van der Waals surface area contributed by atoms with Gasteiger partial charge in [0, 0.05) is 23.8 Å². The molecule has 0 amide bonds. The van der Waals surface area contributed by atoms with Crippen molar-refractivity contribution in [1.29, 1.82) is 0 Å². The fourth-order valence-corrected chi connectivity index (χ4v) is 2.89. The van der Waals surface area contributed by atoms with Gasteiger partial charge < -0.3 is 5.32 Å². The first-order valence-electron chi connectivity index (χ1n) is 7.07. The first-order valence-corrected chi connectivity index (χ1v) is 7.86. The van der Waals surface area contributed by atoms with Gasteiger partial charge in [-0.15, -0.1) is 0 Å².